The molecule has 1 unspecified atom stereocenters. The number of hydrogen-bond donors (Lipinski definition) is 1. The van der Waals surface area contributed by atoms with Crippen molar-refractivity contribution < 1.29 is 0 Å². The zero-order chi connectivity index (χ0) is 16.8. The van der Waals surface area contributed by atoms with Gasteiger partial charge in [0.15, 0.2) is 5.96 Å². The number of benzene rings is 1. The third-order valence-electron chi connectivity index (χ3n) is 4.82. The van der Waals surface area contributed by atoms with Crippen molar-refractivity contribution in [1.82, 2.24) is 10.2 Å². The predicted octanol–water partition coefficient (Wildman–Crippen LogP) is 3.88. The van der Waals surface area contributed by atoms with Gasteiger partial charge in [-0.25, -0.2) is 4.99 Å². The highest BCUT2D eigenvalue weighted by Gasteiger charge is 2.19. The van der Waals surface area contributed by atoms with Gasteiger partial charge in [0.05, 0.1) is 6.54 Å². The number of rotatable bonds is 4. The smallest absolute Gasteiger partial charge is 0.194 e. The Bertz CT molecular complexity index is 574. The van der Waals surface area contributed by atoms with E-state index in [1.165, 1.54) is 24.1 Å². The molecule has 4 nitrogen and oxygen atoms in total. The minimum absolute atomic E-state index is 0. The third kappa shape index (κ3) is 5.62. The van der Waals surface area contributed by atoms with Gasteiger partial charge in [0.1, 0.15) is 0 Å². The molecule has 138 valence electrons. The van der Waals surface area contributed by atoms with Crippen LogP contribution in [0.3, 0.4) is 0 Å². The number of aliphatic imine (C=N–C) groups is 1. The fraction of sp³-hybridized carbons (Fsp3) is 0.550. The molecule has 5 heteroatoms. The second kappa shape index (κ2) is 10.0. The van der Waals surface area contributed by atoms with Crippen molar-refractivity contribution in [3.63, 3.8) is 0 Å². The summed E-state index contributed by atoms with van der Waals surface area (Å²) >= 11 is 0. The summed E-state index contributed by atoms with van der Waals surface area (Å²) in [5.41, 5.74) is 2.57. The summed E-state index contributed by atoms with van der Waals surface area (Å²) in [6.07, 6.45) is 7.05. The number of hydrogen-bond acceptors (Lipinski definition) is 2. The molecule has 0 radical (unpaired) electrons. The second-order valence-corrected chi connectivity index (χ2v) is 6.91. The van der Waals surface area contributed by atoms with Crippen LogP contribution in [0.1, 0.15) is 32.3 Å². The van der Waals surface area contributed by atoms with E-state index in [2.05, 4.69) is 65.4 Å². The van der Waals surface area contributed by atoms with Gasteiger partial charge >= 0.3 is 0 Å². The highest BCUT2D eigenvalue weighted by molar-refractivity contribution is 14.0. The second-order valence-electron chi connectivity index (χ2n) is 6.91. The van der Waals surface area contributed by atoms with Crippen molar-refractivity contribution in [3.8, 4) is 0 Å². The molecule has 1 atom stereocenters. The first-order valence-corrected chi connectivity index (χ1v) is 9.28. The van der Waals surface area contributed by atoms with Crippen LogP contribution in [0.5, 0.6) is 0 Å². The van der Waals surface area contributed by atoms with Gasteiger partial charge in [-0.2, -0.15) is 0 Å². The molecule has 2 heterocycles. The molecule has 1 aromatic rings. The van der Waals surface area contributed by atoms with Crippen LogP contribution >= 0.6 is 24.0 Å². The Morgan fingerprint density at radius 1 is 1.20 bits per heavy atom. The minimum Gasteiger partial charge on any atom is -0.364 e. The van der Waals surface area contributed by atoms with Gasteiger partial charge in [-0.3, -0.25) is 0 Å². The number of halogens is 1. The van der Waals surface area contributed by atoms with E-state index >= 15 is 0 Å². The maximum atomic E-state index is 4.87. The average Bonchev–Trinajstić information content (AvgIpc) is 3.14. The molecule has 0 spiro atoms. The van der Waals surface area contributed by atoms with Crippen molar-refractivity contribution in [3.05, 3.63) is 42.0 Å². The molecule has 1 N–H and O–H groups in total. The molecular weight excluding hydrogens is 423 g/mol. The Morgan fingerprint density at radius 2 is 1.92 bits per heavy atom. The Balaban J connectivity index is 0.00000225. The molecule has 2 aliphatic heterocycles. The van der Waals surface area contributed by atoms with E-state index in [0.717, 1.165) is 51.1 Å². The van der Waals surface area contributed by atoms with Gasteiger partial charge in [-0.1, -0.05) is 31.2 Å². The molecule has 0 aromatic heterocycles. The number of anilines is 1. The van der Waals surface area contributed by atoms with E-state index in [-0.39, 0.29) is 24.0 Å². The summed E-state index contributed by atoms with van der Waals surface area (Å²) in [4.78, 5) is 9.66. The Labute approximate surface area is 169 Å². The average molecular weight is 454 g/mol. The van der Waals surface area contributed by atoms with Crippen molar-refractivity contribution in [1.29, 1.82) is 0 Å². The van der Waals surface area contributed by atoms with Crippen LogP contribution in [0.15, 0.2) is 41.4 Å². The molecule has 1 fully saturated rings. The highest BCUT2D eigenvalue weighted by atomic mass is 127. The van der Waals surface area contributed by atoms with Gasteiger partial charge < -0.3 is 15.1 Å². The van der Waals surface area contributed by atoms with Crippen LogP contribution < -0.4 is 10.2 Å². The van der Waals surface area contributed by atoms with Crippen molar-refractivity contribution in [2.45, 2.75) is 33.2 Å². The molecule has 0 saturated carbocycles. The van der Waals surface area contributed by atoms with Gasteiger partial charge in [-0.15, -0.1) is 24.0 Å². The van der Waals surface area contributed by atoms with Gasteiger partial charge in [0.2, 0.25) is 0 Å². The van der Waals surface area contributed by atoms with E-state index in [9.17, 15) is 0 Å². The van der Waals surface area contributed by atoms with Crippen molar-refractivity contribution >= 4 is 35.6 Å². The molecule has 1 saturated heterocycles. The summed E-state index contributed by atoms with van der Waals surface area (Å²) < 4.78 is 0. The largest absolute Gasteiger partial charge is 0.364 e. The van der Waals surface area contributed by atoms with Crippen molar-refractivity contribution in [2.75, 3.05) is 37.6 Å². The molecule has 25 heavy (non-hydrogen) atoms. The summed E-state index contributed by atoms with van der Waals surface area (Å²) in [6.45, 7) is 10.4. The summed E-state index contributed by atoms with van der Waals surface area (Å²) in [6, 6.07) is 8.85. The number of likely N-dealkylation sites (tertiary alicyclic amines) is 1. The van der Waals surface area contributed by atoms with E-state index in [0.29, 0.717) is 0 Å². The third-order valence-corrected chi connectivity index (χ3v) is 4.82. The number of nitrogens with one attached hydrogen (secondary N) is 1. The Kier molecular flexibility index (Phi) is 8.06. The number of nitrogens with zero attached hydrogens (tertiary/aromatic N) is 3. The monoisotopic (exact) mass is 454 g/mol. The van der Waals surface area contributed by atoms with Crippen LogP contribution in [0.4, 0.5) is 5.69 Å². The zero-order valence-corrected chi connectivity index (χ0v) is 17.8. The quantitative estimate of drug-likeness (QED) is 0.324. The van der Waals surface area contributed by atoms with Gasteiger partial charge in [0.25, 0.3) is 0 Å². The summed E-state index contributed by atoms with van der Waals surface area (Å²) in [7, 11) is 0. The molecule has 0 aliphatic carbocycles. The molecular formula is C20H31IN4. The fourth-order valence-corrected chi connectivity index (χ4v) is 3.47. The maximum absolute atomic E-state index is 4.87. The molecule has 2 aliphatic rings. The van der Waals surface area contributed by atoms with Gasteiger partial charge in [-0.05, 0) is 43.4 Å². The van der Waals surface area contributed by atoms with E-state index in [1.807, 2.05) is 0 Å². The SMILES string of the molecule is CCNC(=NCc1ccc(N2CC=CC2)cc1)N1CCCC(C)C1.I. The molecule has 1 aromatic carbocycles. The topological polar surface area (TPSA) is 30.9 Å². The van der Waals surface area contributed by atoms with E-state index in [4.69, 9.17) is 4.99 Å². The van der Waals surface area contributed by atoms with E-state index in [1.54, 1.807) is 0 Å². The molecule has 0 bridgehead atoms. The number of guanidine groups is 1. The summed E-state index contributed by atoms with van der Waals surface area (Å²) in [5.74, 6) is 1.83. The first-order valence-electron chi connectivity index (χ1n) is 9.28. The van der Waals surface area contributed by atoms with Crippen LogP contribution in [0.25, 0.3) is 0 Å². The van der Waals surface area contributed by atoms with E-state index < -0.39 is 0 Å². The Hall–Kier alpha value is -1.24. The van der Waals surface area contributed by atoms with Crippen LogP contribution in [0.2, 0.25) is 0 Å². The standard InChI is InChI=1S/C20H30N4.HI/c1-3-21-20(24-14-6-7-17(2)16-24)22-15-18-8-10-19(11-9-18)23-12-4-5-13-23;/h4-5,8-11,17H,3,6-7,12-16H2,1-2H3,(H,21,22);1H. The predicted molar refractivity (Wildman–Crippen MR) is 118 cm³/mol. The number of piperidine rings is 1. The van der Waals surface area contributed by atoms with Crippen LogP contribution in [-0.4, -0.2) is 43.6 Å². The lowest BCUT2D eigenvalue weighted by molar-refractivity contribution is 0.266. The fourth-order valence-electron chi connectivity index (χ4n) is 3.47. The lowest BCUT2D eigenvalue weighted by atomic mass is 10.0. The lowest BCUT2D eigenvalue weighted by Gasteiger charge is -2.33. The Morgan fingerprint density at radius 3 is 2.56 bits per heavy atom. The van der Waals surface area contributed by atoms with Crippen LogP contribution in [0, 0.1) is 5.92 Å². The van der Waals surface area contributed by atoms with Gasteiger partial charge in [0, 0.05) is 38.4 Å². The highest BCUT2D eigenvalue weighted by Crippen LogP contribution is 2.19. The zero-order valence-electron chi connectivity index (χ0n) is 15.4. The molecule has 3 rings (SSSR count). The minimum atomic E-state index is 0. The van der Waals surface area contributed by atoms with Crippen molar-refractivity contribution in [2.24, 2.45) is 10.9 Å². The van der Waals surface area contributed by atoms with Crippen LogP contribution in [-0.2, 0) is 6.54 Å². The summed E-state index contributed by atoms with van der Waals surface area (Å²) in [5, 5.41) is 3.46. The first-order chi connectivity index (χ1) is 11.8. The maximum Gasteiger partial charge on any atom is 0.194 e. The first kappa shape index (κ1) is 20.1. The lowest BCUT2D eigenvalue weighted by Crippen LogP contribution is -2.46. The molecule has 0 amide bonds. The normalized spacial score (nSPS) is 20.6.